The van der Waals surface area contributed by atoms with Crippen LogP contribution in [0.3, 0.4) is 0 Å². The van der Waals surface area contributed by atoms with Crippen molar-refractivity contribution in [1.29, 1.82) is 0 Å². The van der Waals surface area contributed by atoms with E-state index in [4.69, 9.17) is 4.42 Å². The Morgan fingerprint density at radius 2 is 2.06 bits per heavy atom. The molecule has 94 valence electrons. The Hall–Kier alpha value is -1.59. The number of aryl methyl sites for hydroxylation is 1. The van der Waals surface area contributed by atoms with E-state index < -0.39 is 10.0 Å². The largest absolute Gasteiger partial charge is 0.472 e. The molecule has 0 aliphatic carbocycles. The van der Waals surface area contributed by atoms with E-state index in [1.165, 1.54) is 4.31 Å². The molecule has 1 aromatic heterocycles. The van der Waals surface area contributed by atoms with E-state index in [-0.39, 0.29) is 6.04 Å². The van der Waals surface area contributed by atoms with Crippen molar-refractivity contribution in [2.24, 2.45) is 0 Å². The first-order valence-electron chi connectivity index (χ1n) is 5.62. The third kappa shape index (κ3) is 1.44. The molecule has 3 rings (SSSR count). The molecule has 5 heteroatoms. The SMILES string of the molecule is Cc1ccc2c(c1)C(c1ccoc1)N(C)S2(=O)=O. The first-order valence-corrected chi connectivity index (χ1v) is 7.06. The molecule has 18 heavy (non-hydrogen) atoms. The van der Waals surface area contributed by atoms with Gasteiger partial charge in [-0.3, -0.25) is 0 Å². The molecule has 0 saturated carbocycles. The number of rotatable bonds is 1. The lowest BCUT2D eigenvalue weighted by molar-refractivity contribution is 0.436. The molecule has 1 aliphatic heterocycles. The van der Waals surface area contributed by atoms with Crippen LogP contribution in [-0.4, -0.2) is 19.8 Å². The number of fused-ring (bicyclic) bond motifs is 1. The van der Waals surface area contributed by atoms with Crippen molar-refractivity contribution in [2.75, 3.05) is 7.05 Å². The Bertz CT molecular complexity index is 689. The predicted octanol–water partition coefficient (Wildman–Crippen LogP) is 2.31. The van der Waals surface area contributed by atoms with Crippen molar-refractivity contribution < 1.29 is 12.8 Å². The summed E-state index contributed by atoms with van der Waals surface area (Å²) in [5.41, 5.74) is 2.72. The van der Waals surface area contributed by atoms with Crippen molar-refractivity contribution >= 4 is 10.0 Å². The summed E-state index contributed by atoms with van der Waals surface area (Å²) in [6.07, 6.45) is 3.15. The molecular weight excluding hydrogens is 250 g/mol. The number of benzene rings is 1. The van der Waals surface area contributed by atoms with Gasteiger partial charge in [-0.1, -0.05) is 17.7 Å². The van der Waals surface area contributed by atoms with Crippen LogP contribution in [0.1, 0.15) is 22.7 Å². The first-order chi connectivity index (χ1) is 8.51. The number of furan rings is 1. The highest BCUT2D eigenvalue weighted by Crippen LogP contribution is 2.42. The topological polar surface area (TPSA) is 50.5 Å². The quantitative estimate of drug-likeness (QED) is 0.793. The van der Waals surface area contributed by atoms with Crippen molar-refractivity contribution in [3.8, 4) is 0 Å². The maximum atomic E-state index is 12.3. The Morgan fingerprint density at radius 1 is 1.28 bits per heavy atom. The molecule has 1 unspecified atom stereocenters. The van der Waals surface area contributed by atoms with E-state index in [9.17, 15) is 8.42 Å². The van der Waals surface area contributed by atoms with Gasteiger partial charge in [0.2, 0.25) is 10.0 Å². The van der Waals surface area contributed by atoms with Gasteiger partial charge < -0.3 is 4.42 Å². The Balaban J connectivity index is 2.28. The van der Waals surface area contributed by atoms with Crippen molar-refractivity contribution in [1.82, 2.24) is 4.31 Å². The van der Waals surface area contributed by atoms with Crippen LogP contribution in [0.15, 0.2) is 46.1 Å². The van der Waals surface area contributed by atoms with E-state index in [2.05, 4.69) is 0 Å². The molecule has 0 fully saturated rings. The van der Waals surface area contributed by atoms with Crippen LogP contribution in [-0.2, 0) is 10.0 Å². The van der Waals surface area contributed by atoms with E-state index >= 15 is 0 Å². The maximum absolute atomic E-state index is 12.3. The zero-order valence-electron chi connectivity index (χ0n) is 10.1. The van der Waals surface area contributed by atoms with Gasteiger partial charge in [-0.2, -0.15) is 4.31 Å². The number of hydrogen-bond acceptors (Lipinski definition) is 3. The summed E-state index contributed by atoms with van der Waals surface area (Å²) >= 11 is 0. The highest BCUT2D eigenvalue weighted by Gasteiger charge is 2.41. The molecule has 0 saturated heterocycles. The smallest absolute Gasteiger partial charge is 0.244 e. The summed E-state index contributed by atoms with van der Waals surface area (Å²) in [4.78, 5) is 0.391. The van der Waals surface area contributed by atoms with Gasteiger partial charge in [0.1, 0.15) is 0 Å². The van der Waals surface area contributed by atoms with E-state index in [1.54, 1.807) is 31.7 Å². The van der Waals surface area contributed by atoms with Gasteiger partial charge in [0.05, 0.1) is 23.5 Å². The molecule has 0 bridgehead atoms. The number of hydrogen-bond donors (Lipinski definition) is 0. The Kier molecular flexibility index (Phi) is 2.36. The van der Waals surface area contributed by atoms with Gasteiger partial charge in [-0.05, 0) is 24.6 Å². The lowest BCUT2D eigenvalue weighted by Crippen LogP contribution is -2.23. The molecule has 1 atom stereocenters. The summed E-state index contributed by atoms with van der Waals surface area (Å²) in [6.45, 7) is 1.96. The highest BCUT2D eigenvalue weighted by atomic mass is 32.2. The molecule has 0 radical (unpaired) electrons. The Labute approximate surface area is 106 Å². The first kappa shape index (κ1) is 11.5. The van der Waals surface area contributed by atoms with Crippen LogP contribution in [0.4, 0.5) is 0 Å². The summed E-state index contributed by atoms with van der Waals surface area (Å²) < 4.78 is 31.1. The second-order valence-corrected chi connectivity index (χ2v) is 6.49. The number of nitrogens with zero attached hydrogens (tertiary/aromatic N) is 1. The minimum atomic E-state index is -3.38. The van der Waals surface area contributed by atoms with Gasteiger partial charge in [0, 0.05) is 12.6 Å². The fourth-order valence-electron chi connectivity index (χ4n) is 2.43. The average molecular weight is 263 g/mol. The van der Waals surface area contributed by atoms with E-state index in [0.29, 0.717) is 4.90 Å². The normalized spacial score (nSPS) is 22.0. The fraction of sp³-hybridized carbons (Fsp3) is 0.231. The van der Waals surface area contributed by atoms with Gasteiger partial charge in [0.25, 0.3) is 0 Å². The van der Waals surface area contributed by atoms with Crippen molar-refractivity contribution in [3.05, 3.63) is 53.5 Å². The molecule has 1 aliphatic rings. The molecule has 0 N–H and O–H groups in total. The molecular formula is C13H13NO3S. The van der Waals surface area contributed by atoms with Crippen LogP contribution >= 0.6 is 0 Å². The van der Waals surface area contributed by atoms with Crippen LogP contribution in [0, 0.1) is 6.92 Å². The van der Waals surface area contributed by atoms with Gasteiger partial charge in [-0.15, -0.1) is 0 Å². The van der Waals surface area contributed by atoms with E-state index in [1.807, 2.05) is 19.1 Å². The van der Waals surface area contributed by atoms with Crippen LogP contribution in [0.2, 0.25) is 0 Å². The Morgan fingerprint density at radius 3 is 2.72 bits per heavy atom. The molecule has 1 aromatic carbocycles. The second-order valence-electron chi connectivity index (χ2n) is 4.52. The van der Waals surface area contributed by atoms with Gasteiger partial charge >= 0.3 is 0 Å². The van der Waals surface area contributed by atoms with Crippen LogP contribution in [0.5, 0.6) is 0 Å². The van der Waals surface area contributed by atoms with Crippen molar-refractivity contribution in [2.45, 2.75) is 17.9 Å². The lowest BCUT2D eigenvalue weighted by atomic mass is 10.00. The standard InChI is InChI=1S/C13H13NO3S/c1-9-3-4-12-11(7-9)13(10-5-6-17-8-10)14(2)18(12,15)16/h3-8,13H,1-2H3. The second kappa shape index (κ2) is 3.70. The van der Waals surface area contributed by atoms with Crippen LogP contribution in [0.25, 0.3) is 0 Å². The molecule has 4 nitrogen and oxygen atoms in total. The minimum Gasteiger partial charge on any atom is -0.472 e. The third-order valence-corrected chi connectivity index (χ3v) is 5.24. The number of sulfonamides is 1. The summed E-state index contributed by atoms with van der Waals surface area (Å²) in [7, 11) is -1.79. The molecule has 0 amide bonds. The molecule has 2 heterocycles. The molecule has 2 aromatic rings. The van der Waals surface area contributed by atoms with Gasteiger partial charge in [-0.25, -0.2) is 8.42 Å². The molecule has 0 spiro atoms. The minimum absolute atomic E-state index is 0.288. The fourth-order valence-corrected chi connectivity index (χ4v) is 3.96. The van der Waals surface area contributed by atoms with Gasteiger partial charge in [0.15, 0.2) is 0 Å². The summed E-state index contributed by atoms with van der Waals surface area (Å²) in [5, 5.41) is 0. The zero-order chi connectivity index (χ0) is 12.9. The van der Waals surface area contributed by atoms with Crippen molar-refractivity contribution in [3.63, 3.8) is 0 Å². The van der Waals surface area contributed by atoms with Crippen LogP contribution < -0.4 is 0 Å². The third-order valence-electron chi connectivity index (χ3n) is 3.34. The maximum Gasteiger partial charge on any atom is 0.244 e. The predicted molar refractivity (Wildman–Crippen MR) is 66.7 cm³/mol. The summed E-state index contributed by atoms with van der Waals surface area (Å²) in [5.74, 6) is 0. The zero-order valence-corrected chi connectivity index (χ0v) is 10.9. The highest BCUT2D eigenvalue weighted by molar-refractivity contribution is 7.89. The monoisotopic (exact) mass is 263 g/mol. The average Bonchev–Trinajstić information content (AvgIpc) is 2.87. The van der Waals surface area contributed by atoms with E-state index in [0.717, 1.165) is 16.7 Å². The lowest BCUT2D eigenvalue weighted by Gasteiger charge is -2.17. The summed E-state index contributed by atoms with van der Waals surface area (Å²) in [6, 6.07) is 6.93.